The lowest BCUT2D eigenvalue weighted by molar-refractivity contribution is -0.135. The Morgan fingerprint density at radius 1 is 0.515 bits per heavy atom. The Labute approximate surface area is 190 Å². The minimum Gasteiger partial charge on any atom is -0.504 e. The van der Waals surface area contributed by atoms with Crippen LogP contribution in [-0.4, -0.2) is 42.6 Å². The summed E-state index contributed by atoms with van der Waals surface area (Å²) in [5.41, 5.74) is 0. The van der Waals surface area contributed by atoms with Crippen LogP contribution in [0.2, 0.25) is 0 Å². The van der Waals surface area contributed by atoms with E-state index >= 15 is 0 Å². The predicted octanol–water partition coefficient (Wildman–Crippen LogP) is 3.94. The summed E-state index contributed by atoms with van der Waals surface area (Å²) in [7, 11) is 0. The van der Waals surface area contributed by atoms with Crippen LogP contribution in [0.1, 0.15) is 57.8 Å². The highest BCUT2D eigenvalue weighted by Crippen LogP contribution is 2.39. The Balaban J connectivity index is 1.51. The van der Waals surface area contributed by atoms with E-state index in [-0.39, 0.29) is 24.3 Å². The van der Waals surface area contributed by atoms with Gasteiger partial charge in [0.1, 0.15) is 11.5 Å². The first-order chi connectivity index (χ1) is 15.7. The molecule has 0 unspecified atom stereocenters. The summed E-state index contributed by atoms with van der Waals surface area (Å²) in [5, 5.41) is 56.1. The highest BCUT2D eigenvalue weighted by atomic mass is 16.5. The third-order valence-corrected chi connectivity index (χ3v) is 4.81. The third kappa shape index (κ3) is 8.32. The number of aromatic hydroxyl groups is 6. The molecule has 0 amide bonds. The van der Waals surface area contributed by atoms with Crippen LogP contribution < -0.4 is 9.47 Å². The molecule has 2 rings (SSSR count). The van der Waals surface area contributed by atoms with Gasteiger partial charge < -0.3 is 40.1 Å². The van der Waals surface area contributed by atoms with E-state index < -0.39 is 46.4 Å². The fraction of sp³-hybridized carbons (Fsp3) is 0.391. The molecule has 2 aromatic carbocycles. The Hall–Kier alpha value is -3.82. The second-order valence-corrected chi connectivity index (χ2v) is 7.54. The molecule has 10 heteroatoms. The Morgan fingerprint density at radius 2 is 0.788 bits per heavy atom. The maximum absolute atomic E-state index is 11.8. The first-order valence-electron chi connectivity index (χ1n) is 10.6. The van der Waals surface area contributed by atoms with Crippen molar-refractivity contribution in [3.05, 3.63) is 24.3 Å². The van der Waals surface area contributed by atoms with Gasteiger partial charge in [-0.25, -0.2) is 0 Å². The molecule has 6 N–H and O–H groups in total. The number of esters is 2. The average Bonchev–Trinajstić information content (AvgIpc) is 2.74. The predicted molar refractivity (Wildman–Crippen MR) is 116 cm³/mol. The van der Waals surface area contributed by atoms with Crippen LogP contribution in [0.15, 0.2) is 24.3 Å². The summed E-state index contributed by atoms with van der Waals surface area (Å²) in [6.45, 7) is 0. The first kappa shape index (κ1) is 25.4. The van der Waals surface area contributed by atoms with E-state index in [9.17, 15) is 40.2 Å². The second kappa shape index (κ2) is 12.3. The number of hydrogen-bond donors (Lipinski definition) is 6. The molecule has 0 aromatic heterocycles. The molecular weight excluding hydrogens is 436 g/mol. The van der Waals surface area contributed by atoms with Crippen molar-refractivity contribution in [3.63, 3.8) is 0 Å². The standard InChI is InChI=1S/C23H28O10/c24-16-10-14(11-17(25)22(16)30)32-20(28)8-6-4-2-1-3-5-7-9-21(29)33-15-12-18(26)23(31)19(27)13-15/h10-13,24-27,30-31H,1-9H2. The van der Waals surface area contributed by atoms with Crippen LogP contribution in [-0.2, 0) is 9.59 Å². The number of phenolic OH excluding ortho intramolecular Hbond substituents is 6. The van der Waals surface area contributed by atoms with Gasteiger partial charge in [-0.05, 0) is 12.8 Å². The van der Waals surface area contributed by atoms with Crippen molar-refractivity contribution in [2.45, 2.75) is 57.8 Å². The van der Waals surface area contributed by atoms with Gasteiger partial charge in [0.15, 0.2) is 23.0 Å². The average molecular weight is 464 g/mol. The summed E-state index contributed by atoms with van der Waals surface area (Å²) in [4.78, 5) is 23.6. The summed E-state index contributed by atoms with van der Waals surface area (Å²) in [6.07, 6.45) is 5.97. The number of phenols is 6. The molecule has 33 heavy (non-hydrogen) atoms. The highest BCUT2D eigenvalue weighted by Gasteiger charge is 2.13. The molecule has 2 aromatic rings. The summed E-state index contributed by atoms with van der Waals surface area (Å²) >= 11 is 0. The molecule has 0 aliphatic heterocycles. The Morgan fingerprint density at radius 3 is 1.09 bits per heavy atom. The van der Waals surface area contributed by atoms with Gasteiger partial charge in [0, 0.05) is 37.1 Å². The van der Waals surface area contributed by atoms with Crippen molar-refractivity contribution in [2.24, 2.45) is 0 Å². The molecular formula is C23H28O10. The van der Waals surface area contributed by atoms with Gasteiger partial charge >= 0.3 is 11.9 Å². The van der Waals surface area contributed by atoms with Gasteiger partial charge in [-0.3, -0.25) is 9.59 Å². The van der Waals surface area contributed by atoms with Crippen LogP contribution in [0.4, 0.5) is 0 Å². The number of ether oxygens (including phenoxy) is 2. The molecule has 0 aliphatic rings. The smallest absolute Gasteiger partial charge is 0.311 e. The zero-order valence-electron chi connectivity index (χ0n) is 18.0. The van der Waals surface area contributed by atoms with Crippen LogP contribution in [0.3, 0.4) is 0 Å². The van der Waals surface area contributed by atoms with Crippen molar-refractivity contribution in [2.75, 3.05) is 0 Å². The topological polar surface area (TPSA) is 174 Å². The van der Waals surface area contributed by atoms with Crippen molar-refractivity contribution in [1.29, 1.82) is 0 Å². The number of unbranched alkanes of at least 4 members (excludes halogenated alkanes) is 6. The number of benzene rings is 2. The van der Waals surface area contributed by atoms with Gasteiger partial charge in [-0.1, -0.05) is 32.1 Å². The monoisotopic (exact) mass is 464 g/mol. The molecule has 0 radical (unpaired) electrons. The largest absolute Gasteiger partial charge is 0.504 e. The van der Waals surface area contributed by atoms with Crippen LogP contribution in [0.25, 0.3) is 0 Å². The SMILES string of the molecule is O=C(CCCCCCCCCC(=O)Oc1cc(O)c(O)c(O)c1)Oc1cc(O)c(O)c(O)c1. The van der Waals surface area contributed by atoms with E-state index in [0.717, 1.165) is 56.4 Å². The highest BCUT2D eigenvalue weighted by molar-refractivity contribution is 5.73. The molecule has 0 bridgehead atoms. The number of carbonyl (C=O) groups excluding carboxylic acids is 2. The summed E-state index contributed by atoms with van der Waals surface area (Å²) in [5.74, 6) is -4.78. The maximum atomic E-state index is 11.8. The molecule has 0 aliphatic carbocycles. The van der Waals surface area contributed by atoms with Crippen molar-refractivity contribution >= 4 is 11.9 Å². The lowest BCUT2D eigenvalue weighted by Crippen LogP contribution is -2.07. The molecule has 10 nitrogen and oxygen atoms in total. The van der Waals surface area contributed by atoms with Gasteiger partial charge in [0.25, 0.3) is 0 Å². The molecule has 0 saturated carbocycles. The van der Waals surface area contributed by atoms with E-state index in [1.165, 1.54) is 0 Å². The summed E-state index contributed by atoms with van der Waals surface area (Å²) in [6, 6.07) is 4.17. The molecule has 0 saturated heterocycles. The quantitative estimate of drug-likeness (QED) is 0.117. The van der Waals surface area contributed by atoms with Crippen molar-refractivity contribution < 1.29 is 49.7 Å². The second-order valence-electron chi connectivity index (χ2n) is 7.54. The van der Waals surface area contributed by atoms with Crippen LogP contribution >= 0.6 is 0 Å². The fourth-order valence-corrected chi connectivity index (χ4v) is 3.06. The molecule has 180 valence electrons. The lowest BCUT2D eigenvalue weighted by atomic mass is 10.1. The van der Waals surface area contributed by atoms with Gasteiger partial charge in [-0.2, -0.15) is 0 Å². The summed E-state index contributed by atoms with van der Waals surface area (Å²) < 4.78 is 10.0. The van der Waals surface area contributed by atoms with Gasteiger partial charge in [0.05, 0.1) is 0 Å². The molecule has 0 spiro atoms. The number of rotatable bonds is 12. The third-order valence-electron chi connectivity index (χ3n) is 4.81. The number of carbonyl (C=O) groups is 2. The molecule has 0 atom stereocenters. The van der Waals surface area contributed by atoms with E-state index in [4.69, 9.17) is 9.47 Å². The Bertz CT molecular complexity index is 846. The number of hydrogen-bond acceptors (Lipinski definition) is 10. The Kier molecular flexibility index (Phi) is 9.46. The van der Waals surface area contributed by atoms with E-state index in [2.05, 4.69) is 0 Å². The van der Waals surface area contributed by atoms with Gasteiger partial charge in [0.2, 0.25) is 11.5 Å². The fourth-order valence-electron chi connectivity index (χ4n) is 3.06. The van der Waals surface area contributed by atoms with Crippen molar-refractivity contribution in [1.82, 2.24) is 0 Å². The zero-order chi connectivity index (χ0) is 24.4. The van der Waals surface area contributed by atoms with Gasteiger partial charge in [-0.15, -0.1) is 0 Å². The molecule has 0 heterocycles. The minimum atomic E-state index is -0.676. The minimum absolute atomic E-state index is 0.0506. The van der Waals surface area contributed by atoms with Crippen LogP contribution in [0, 0.1) is 0 Å². The van der Waals surface area contributed by atoms with E-state index in [1.807, 2.05) is 0 Å². The first-order valence-corrected chi connectivity index (χ1v) is 10.6. The maximum Gasteiger partial charge on any atom is 0.311 e. The van der Waals surface area contributed by atoms with E-state index in [1.54, 1.807) is 0 Å². The normalized spacial score (nSPS) is 10.7. The molecule has 0 fully saturated rings. The van der Waals surface area contributed by atoms with Crippen LogP contribution in [0.5, 0.6) is 46.0 Å². The zero-order valence-corrected chi connectivity index (χ0v) is 18.0. The van der Waals surface area contributed by atoms with E-state index in [0.29, 0.717) is 12.8 Å². The van der Waals surface area contributed by atoms with Crippen molar-refractivity contribution in [3.8, 4) is 46.0 Å². The lowest BCUT2D eigenvalue weighted by Gasteiger charge is -2.07.